The summed E-state index contributed by atoms with van der Waals surface area (Å²) in [5, 5.41) is 9.90. The number of methoxy groups -OCH3 is 2. The number of hydrogen-bond acceptors (Lipinski definition) is 7. The van der Waals surface area contributed by atoms with Gasteiger partial charge in [-0.2, -0.15) is 5.10 Å². The molecule has 25 heavy (non-hydrogen) atoms. The number of rotatable bonds is 6. The summed E-state index contributed by atoms with van der Waals surface area (Å²) in [5.74, 6) is 0.643. The van der Waals surface area contributed by atoms with Gasteiger partial charge < -0.3 is 14.2 Å². The maximum atomic E-state index is 6.16. The number of nitrogens with zero attached hydrogens (tertiary/aromatic N) is 5. The molecule has 4 aromatic rings. The van der Waals surface area contributed by atoms with Crippen molar-refractivity contribution >= 4 is 33.4 Å². The molecule has 0 aliphatic heterocycles. The number of aromatic nitrogens is 5. The monoisotopic (exact) mass is 379 g/mol. The van der Waals surface area contributed by atoms with E-state index in [0.717, 1.165) is 10.5 Å². The van der Waals surface area contributed by atoms with E-state index in [1.807, 2.05) is 12.3 Å². The highest BCUT2D eigenvalue weighted by Gasteiger charge is 2.15. The van der Waals surface area contributed by atoms with Crippen LogP contribution in [0.2, 0.25) is 5.02 Å². The molecule has 130 valence electrons. The molecule has 4 heterocycles. The predicted molar refractivity (Wildman–Crippen MR) is 94.0 cm³/mol. The summed E-state index contributed by atoms with van der Waals surface area (Å²) in [6, 6.07) is 3.66. The second kappa shape index (κ2) is 6.51. The van der Waals surface area contributed by atoms with Gasteiger partial charge in [0.1, 0.15) is 29.3 Å². The molecule has 0 aromatic carbocycles. The standard InChI is InChI=1S/C15H14ClN5O3S/c1-22-3-4-24-13-5-9(16)7-20-12(13)6-10(18-20)11-8-21-14(17-11)25-15(19-21)23-2/h5-8H,3-4H2,1-2H3. The fourth-order valence-electron chi connectivity index (χ4n) is 2.39. The Balaban J connectivity index is 1.73. The van der Waals surface area contributed by atoms with E-state index in [9.17, 15) is 0 Å². The summed E-state index contributed by atoms with van der Waals surface area (Å²) in [7, 11) is 3.21. The van der Waals surface area contributed by atoms with Crippen LogP contribution in [0.25, 0.3) is 21.9 Å². The van der Waals surface area contributed by atoms with Crippen molar-refractivity contribution in [2.45, 2.75) is 0 Å². The van der Waals surface area contributed by atoms with E-state index >= 15 is 0 Å². The third kappa shape index (κ3) is 3.01. The topological polar surface area (TPSA) is 75.2 Å². The average molecular weight is 380 g/mol. The van der Waals surface area contributed by atoms with Crippen LogP contribution in [0.4, 0.5) is 0 Å². The van der Waals surface area contributed by atoms with Crippen molar-refractivity contribution in [3.63, 3.8) is 0 Å². The minimum atomic E-state index is 0.428. The number of ether oxygens (including phenoxy) is 3. The number of imidazole rings is 1. The minimum Gasteiger partial charge on any atom is -0.489 e. The van der Waals surface area contributed by atoms with Crippen LogP contribution in [0.15, 0.2) is 24.5 Å². The zero-order chi connectivity index (χ0) is 17.4. The minimum absolute atomic E-state index is 0.428. The third-order valence-electron chi connectivity index (χ3n) is 3.51. The lowest BCUT2D eigenvalue weighted by atomic mass is 10.3. The molecule has 0 amide bonds. The van der Waals surface area contributed by atoms with Gasteiger partial charge in [0, 0.05) is 19.4 Å². The van der Waals surface area contributed by atoms with E-state index in [2.05, 4.69) is 15.2 Å². The average Bonchev–Trinajstić information content (AvgIpc) is 3.26. The van der Waals surface area contributed by atoms with Crippen molar-refractivity contribution in [3.8, 4) is 22.3 Å². The highest BCUT2D eigenvalue weighted by molar-refractivity contribution is 7.18. The Hall–Kier alpha value is -2.36. The second-order valence-corrected chi connectivity index (χ2v) is 6.50. The summed E-state index contributed by atoms with van der Waals surface area (Å²) in [4.78, 5) is 5.28. The van der Waals surface area contributed by atoms with Crippen LogP contribution in [0, 0.1) is 0 Å². The second-order valence-electron chi connectivity index (χ2n) is 5.15. The van der Waals surface area contributed by atoms with Gasteiger partial charge in [0.2, 0.25) is 4.96 Å². The lowest BCUT2D eigenvalue weighted by molar-refractivity contribution is 0.147. The Labute approximate surface area is 151 Å². The first-order chi connectivity index (χ1) is 12.2. The van der Waals surface area contributed by atoms with Crippen molar-refractivity contribution in [1.82, 2.24) is 24.2 Å². The lowest BCUT2D eigenvalue weighted by Gasteiger charge is -2.07. The zero-order valence-corrected chi connectivity index (χ0v) is 15.0. The normalized spacial score (nSPS) is 11.5. The Morgan fingerprint density at radius 2 is 1.96 bits per heavy atom. The summed E-state index contributed by atoms with van der Waals surface area (Å²) in [6.07, 6.45) is 3.53. The Kier molecular flexibility index (Phi) is 4.20. The van der Waals surface area contributed by atoms with Crippen molar-refractivity contribution in [2.24, 2.45) is 0 Å². The molecular weight excluding hydrogens is 366 g/mol. The number of halogens is 1. The molecular formula is C15H14ClN5O3S. The molecule has 0 N–H and O–H groups in total. The molecule has 8 nitrogen and oxygen atoms in total. The quantitative estimate of drug-likeness (QED) is 0.479. The smallest absolute Gasteiger partial charge is 0.294 e. The van der Waals surface area contributed by atoms with Crippen molar-refractivity contribution in [2.75, 3.05) is 27.4 Å². The van der Waals surface area contributed by atoms with E-state index in [4.69, 9.17) is 25.8 Å². The van der Waals surface area contributed by atoms with Gasteiger partial charge in [0.15, 0.2) is 0 Å². The first kappa shape index (κ1) is 16.1. The van der Waals surface area contributed by atoms with Crippen LogP contribution in [0.3, 0.4) is 0 Å². The molecule has 0 spiro atoms. The molecule has 0 aliphatic carbocycles. The summed E-state index contributed by atoms with van der Waals surface area (Å²) in [5.41, 5.74) is 2.22. The maximum absolute atomic E-state index is 6.16. The van der Waals surface area contributed by atoms with Gasteiger partial charge in [0.25, 0.3) is 5.19 Å². The molecule has 0 bridgehead atoms. The first-order valence-electron chi connectivity index (χ1n) is 7.39. The largest absolute Gasteiger partial charge is 0.489 e. The van der Waals surface area contributed by atoms with Gasteiger partial charge in [0.05, 0.1) is 24.9 Å². The molecule has 4 aromatic heterocycles. The van der Waals surface area contributed by atoms with Gasteiger partial charge in [-0.3, -0.25) is 0 Å². The summed E-state index contributed by atoms with van der Waals surface area (Å²) in [6.45, 7) is 0.918. The van der Waals surface area contributed by atoms with Crippen LogP contribution >= 0.6 is 22.9 Å². The van der Waals surface area contributed by atoms with Gasteiger partial charge in [-0.05, 0) is 17.4 Å². The maximum Gasteiger partial charge on any atom is 0.294 e. The number of fused-ring (bicyclic) bond motifs is 2. The Morgan fingerprint density at radius 3 is 2.72 bits per heavy atom. The van der Waals surface area contributed by atoms with Crippen LogP contribution in [0.1, 0.15) is 0 Å². The molecule has 4 rings (SSSR count). The van der Waals surface area contributed by atoms with E-state index in [-0.39, 0.29) is 0 Å². The molecule has 0 saturated carbocycles. The number of hydrogen-bond donors (Lipinski definition) is 0. The molecule has 0 aliphatic rings. The highest BCUT2D eigenvalue weighted by atomic mass is 35.5. The van der Waals surface area contributed by atoms with Gasteiger partial charge >= 0.3 is 0 Å². The summed E-state index contributed by atoms with van der Waals surface area (Å²) < 4.78 is 19.2. The molecule has 0 unspecified atom stereocenters. The molecule has 0 atom stereocenters. The highest BCUT2D eigenvalue weighted by Crippen LogP contribution is 2.30. The van der Waals surface area contributed by atoms with E-state index in [1.54, 1.807) is 35.5 Å². The fourth-order valence-corrected chi connectivity index (χ4v) is 3.28. The van der Waals surface area contributed by atoms with Crippen molar-refractivity contribution in [1.29, 1.82) is 0 Å². The third-order valence-corrected chi connectivity index (χ3v) is 4.60. The zero-order valence-electron chi connectivity index (χ0n) is 13.5. The predicted octanol–water partition coefficient (Wildman–Crippen LogP) is 2.79. The van der Waals surface area contributed by atoms with Gasteiger partial charge in [-0.1, -0.05) is 11.6 Å². The van der Waals surface area contributed by atoms with Crippen LogP contribution in [-0.2, 0) is 4.74 Å². The molecule has 0 radical (unpaired) electrons. The van der Waals surface area contributed by atoms with E-state index in [1.165, 1.54) is 11.3 Å². The Morgan fingerprint density at radius 1 is 1.08 bits per heavy atom. The molecule has 10 heteroatoms. The van der Waals surface area contributed by atoms with Crippen molar-refractivity contribution in [3.05, 3.63) is 29.5 Å². The van der Waals surface area contributed by atoms with Crippen LogP contribution in [0.5, 0.6) is 10.9 Å². The fraction of sp³-hybridized carbons (Fsp3) is 0.267. The lowest BCUT2D eigenvalue weighted by Crippen LogP contribution is -2.05. The summed E-state index contributed by atoms with van der Waals surface area (Å²) >= 11 is 7.52. The first-order valence-corrected chi connectivity index (χ1v) is 8.58. The molecule has 0 fully saturated rings. The number of pyridine rings is 1. The Bertz CT molecular complexity index is 1010. The van der Waals surface area contributed by atoms with Gasteiger partial charge in [-0.25, -0.2) is 14.0 Å². The van der Waals surface area contributed by atoms with Crippen LogP contribution in [-0.4, -0.2) is 51.6 Å². The molecule has 0 saturated heterocycles. The van der Waals surface area contributed by atoms with E-state index in [0.29, 0.717) is 40.6 Å². The van der Waals surface area contributed by atoms with E-state index < -0.39 is 0 Å². The van der Waals surface area contributed by atoms with Crippen LogP contribution < -0.4 is 9.47 Å². The SMILES string of the molecule is COCCOc1cc(Cl)cn2nc(-c3cn4nc(OC)sc4n3)cc12. The van der Waals surface area contributed by atoms with Crippen molar-refractivity contribution < 1.29 is 14.2 Å². The van der Waals surface area contributed by atoms with Gasteiger partial charge in [-0.15, -0.1) is 5.10 Å².